The van der Waals surface area contributed by atoms with Crippen LogP contribution >= 0.6 is 0 Å². The molecule has 0 aliphatic carbocycles. The largest absolute Gasteiger partial charge is 0.455 e. The van der Waals surface area contributed by atoms with Gasteiger partial charge < -0.3 is 15.4 Å². The predicted octanol–water partition coefficient (Wildman–Crippen LogP) is 5.93. The van der Waals surface area contributed by atoms with Crippen molar-refractivity contribution in [1.82, 2.24) is 9.97 Å². The van der Waals surface area contributed by atoms with Crippen molar-refractivity contribution in [1.29, 1.82) is 0 Å². The van der Waals surface area contributed by atoms with Crippen LogP contribution in [0.4, 0.5) is 17.5 Å². The summed E-state index contributed by atoms with van der Waals surface area (Å²) in [7, 11) is 0. The number of rotatable bonds is 7. The van der Waals surface area contributed by atoms with Crippen LogP contribution in [0.25, 0.3) is 0 Å². The second-order valence-electron chi connectivity index (χ2n) is 6.58. The molecule has 4 rings (SSSR count). The summed E-state index contributed by atoms with van der Waals surface area (Å²) in [4.78, 5) is 8.89. The van der Waals surface area contributed by atoms with E-state index in [1.165, 1.54) is 11.1 Å². The summed E-state index contributed by atoms with van der Waals surface area (Å²) in [6.07, 6.45) is 1.73. The Bertz CT molecular complexity index is 1080. The third-order valence-electron chi connectivity index (χ3n) is 4.47. The lowest BCUT2D eigenvalue weighted by Crippen LogP contribution is -2.06. The number of nitrogens with zero attached hydrogens (tertiary/aromatic N) is 2. The Balaban J connectivity index is 1.48. The van der Waals surface area contributed by atoms with Gasteiger partial charge in [0.05, 0.1) is 5.69 Å². The molecule has 0 saturated carbocycles. The third-order valence-corrected chi connectivity index (χ3v) is 4.47. The highest BCUT2D eigenvalue weighted by atomic mass is 16.5. The molecule has 0 saturated heterocycles. The van der Waals surface area contributed by atoms with Crippen LogP contribution < -0.4 is 15.4 Å². The van der Waals surface area contributed by atoms with Crippen molar-refractivity contribution in [2.75, 3.05) is 10.6 Å². The Hall–Kier alpha value is -3.86. The van der Waals surface area contributed by atoms with Gasteiger partial charge in [0.2, 0.25) is 5.95 Å². The summed E-state index contributed by atoms with van der Waals surface area (Å²) >= 11 is 0. The third kappa shape index (κ3) is 4.90. The van der Waals surface area contributed by atoms with Crippen molar-refractivity contribution in [3.8, 4) is 11.5 Å². The van der Waals surface area contributed by atoms with E-state index < -0.39 is 0 Å². The normalized spacial score (nSPS) is 10.4. The molecule has 144 valence electrons. The number of aromatic nitrogens is 2. The van der Waals surface area contributed by atoms with Crippen molar-refractivity contribution in [2.24, 2.45) is 0 Å². The Labute approximate surface area is 170 Å². The minimum absolute atomic E-state index is 0.569. The molecule has 5 heteroatoms. The van der Waals surface area contributed by atoms with Gasteiger partial charge in [0.25, 0.3) is 0 Å². The van der Waals surface area contributed by atoms with Crippen LogP contribution in [0.5, 0.6) is 11.5 Å². The number of aryl methyl sites for hydroxylation is 1. The molecule has 0 bridgehead atoms. The quantitative estimate of drug-likeness (QED) is 0.415. The van der Waals surface area contributed by atoms with Gasteiger partial charge in [-0.3, -0.25) is 0 Å². The van der Waals surface area contributed by atoms with Crippen LogP contribution in [-0.2, 0) is 6.54 Å². The van der Waals surface area contributed by atoms with Crippen molar-refractivity contribution >= 4 is 17.5 Å². The second kappa shape index (κ2) is 8.89. The zero-order valence-electron chi connectivity index (χ0n) is 16.2. The Morgan fingerprint density at radius 3 is 2.45 bits per heavy atom. The lowest BCUT2D eigenvalue weighted by Gasteiger charge is -2.13. The van der Waals surface area contributed by atoms with Crippen molar-refractivity contribution in [2.45, 2.75) is 13.5 Å². The molecular formula is C24H22N4O. The first-order chi connectivity index (χ1) is 14.3. The zero-order chi connectivity index (χ0) is 19.9. The van der Waals surface area contributed by atoms with Gasteiger partial charge in [-0.15, -0.1) is 0 Å². The first-order valence-electron chi connectivity index (χ1n) is 9.48. The van der Waals surface area contributed by atoms with Crippen LogP contribution in [0.1, 0.15) is 11.1 Å². The van der Waals surface area contributed by atoms with Crippen molar-refractivity contribution in [3.05, 3.63) is 102 Å². The van der Waals surface area contributed by atoms with E-state index in [0.717, 1.165) is 17.2 Å². The first-order valence-corrected chi connectivity index (χ1v) is 9.48. The molecule has 4 aromatic rings. The molecule has 0 spiro atoms. The molecule has 0 fully saturated rings. The van der Waals surface area contributed by atoms with Crippen LogP contribution in [-0.4, -0.2) is 9.97 Å². The minimum Gasteiger partial charge on any atom is -0.455 e. The number of nitrogens with one attached hydrogen (secondary N) is 2. The number of hydrogen-bond donors (Lipinski definition) is 2. The molecular weight excluding hydrogens is 360 g/mol. The smallest absolute Gasteiger partial charge is 0.224 e. The van der Waals surface area contributed by atoms with Gasteiger partial charge in [-0.25, -0.2) is 4.98 Å². The van der Waals surface area contributed by atoms with E-state index in [0.29, 0.717) is 18.3 Å². The number of para-hydroxylation sites is 3. The number of anilines is 3. The van der Waals surface area contributed by atoms with Crippen molar-refractivity contribution in [3.63, 3.8) is 0 Å². The topological polar surface area (TPSA) is 59.1 Å². The fourth-order valence-corrected chi connectivity index (χ4v) is 2.91. The van der Waals surface area contributed by atoms with Crippen LogP contribution in [0.15, 0.2) is 91.1 Å². The first kappa shape index (κ1) is 18.5. The average molecular weight is 382 g/mol. The minimum atomic E-state index is 0.569. The van der Waals surface area contributed by atoms with E-state index in [1.54, 1.807) is 6.20 Å². The van der Waals surface area contributed by atoms with E-state index in [2.05, 4.69) is 39.7 Å². The monoisotopic (exact) mass is 382 g/mol. The molecule has 0 aliphatic rings. The van der Waals surface area contributed by atoms with Gasteiger partial charge in [0, 0.05) is 12.7 Å². The Morgan fingerprint density at radius 2 is 1.59 bits per heavy atom. The standard InChI is InChI=1S/C24H22N4O/c1-18-9-5-6-10-19(18)17-26-24-25-16-15-23(28-24)27-21-13-7-8-14-22(21)29-20-11-3-2-4-12-20/h2-16H,17H2,1H3,(H2,25,26,27,28). The maximum atomic E-state index is 6.01. The summed E-state index contributed by atoms with van der Waals surface area (Å²) in [6, 6.07) is 27.6. The lowest BCUT2D eigenvalue weighted by atomic mass is 10.1. The van der Waals surface area contributed by atoms with E-state index >= 15 is 0 Å². The van der Waals surface area contributed by atoms with E-state index in [-0.39, 0.29) is 0 Å². The van der Waals surface area contributed by atoms with Gasteiger partial charge in [-0.05, 0) is 48.4 Å². The molecule has 5 nitrogen and oxygen atoms in total. The summed E-state index contributed by atoms with van der Waals surface area (Å²) in [5, 5.41) is 6.62. The number of ether oxygens (including phenoxy) is 1. The highest BCUT2D eigenvalue weighted by Gasteiger charge is 2.07. The number of benzene rings is 3. The van der Waals surface area contributed by atoms with Crippen LogP contribution in [0, 0.1) is 6.92 Å². The van der Waals surface area contributed by atoms with Crippen molar-refractivity contribution < 1.29 is 4.74 Å². The molecule has 0 aliphatic heterocycles. The SMILES string of the molecule is Cc1ccccc1CNc1nccc(Nc2ccccc2Oc2ccccc2)n1. The maximum absolute atomic E-state index is 6.01. The number of hydrogen-bond acceptors (Lipinski definition) is 5. The second-order valence-corrected chi connectivity index (χ2v) is 6.58. The average Bonchev–Trinajstić information content (AvgIpc) is 2.76. The molecule has 0 unspecified atom stereocenters. The predicted molar refractivity (Wildman–Crippen MR) is 117 cm³/mol. The molecule has 1 heterocycles. The fourth-order valence-electron chi connectivity index (χ4n) is 2.91. The highest BCUT2D eigenvalue weighted by molar-refractivity contribution is 5.65. The van der Waals surface area contributed by atoms with Gasteiger partial charge >= 0.3 is 0 Å². The van der Waals surface area contributed by atoms with Gasteiger partial charge in [0.1, 0.15) is 11.6 Å². The Kier molecular flexibility index (Phi) is 5.67. The molecule has 29 heavy (non-hydrogen) atoms. The molecule has 3 aromatic carbocycles. The summed E-state index contributed by atoms with van der Waals surface area (Å²) in [5.41, 5.74) is 3.29. The summed E-state index contributed by atoms with van der Waals surface area (Å²) < 4.78 is 6.01. The van der Waals surface area contributed by atoms with Crippen LogP contribution in [0.3, 0.4) is 0 Å². The van der Waals surface area contributed by atoms with E-state index in [9.17, 15) is 0 Å². The molecule has 1 aromatic heterocycles. The molecule has 2 N–H and O–H groups in total. The molecule has 0 amide bonds. The van der Waals surface area contributed by atoms with Crippen LogP contribution in [0.2, 0.25) is 0 Å². The van der Waals surface area contributed by atoms with E-state index in [4.69, 9.17) is 4.74 Å². The van der Waals surface area contributed by atoms with E-state index in [1.807, 2.05) is 72.8 Å². The van der Waals surface area contributed by atoms with Gasteiger partial charge in [0.15, 0.2) is 5.75 Å². The summed E-state index contributed by atoms with van der Waals surface area (Å²) in [5.74, 6) is 2.77. The molecule has 0 radical (unpaired) electrons. The van der Waals surface area contributed by atoms with Gasteiger partial charge in [-0.1, -0.05) is 54.6 Å². The zero-order valence-corrected chi connectivity index (χ0v) is 16.2. The lowest BCUT2D eigenvalue weighted by molar-refractivity contribution is 0.485. The maximum Gasteiger partial charge on any atom is 0.224 e. The highest BCUT2D eigenvalue weighted by Crippen LogP contribution is 2.31. The summed E-state index contributed by atoms with van der Waals surface area (Å²) in [6.45, 7) is 2.77. The fraction of sp³-hybridized carbons (Fsp3) is 0.0833. The Morgan fingerprint density at radius 1 is 0.828 bits per heavy atom. The van der Waals surface area contributed by atoms with Gasteiger partial charge in [-0.2, -0.15) is 4.98 Å². The molecule has 0 atom stereocenters.